The van der Waals surface area contributed by atoms with E-state index in [1.807, 2.05) is 30.3 Å². The normalized spacial score (nSPS) is 15.0. The first kappa shape index (κ1) is 23.0. The summed E-state index contributed by atoms with van der Waals surface area (Å²) >= 11 is 0. The van der Waals surface area contributed by atoms with Gasteiger partial charge in [-0.25, -0.2) is 0 Å². The topological polar surface area (TPSA) is 52.2 Å². The average molecular weight is 449 g/mol. The molecule has 0 aliphatic carbocycles. The van der Waals surface area contributed by atoms with Crippen LogP contribution in [0.4, 0.5) is 0 Å². The van der Waals surface area contributed by atoms with Gasteiger partial charge in [-0.3, -0.25) is 4.90 Å². The smallest absolute Gasteiger partial charge is 0.161 e. The van der Waals surface area contributed by atoms with Crippen LogP contribution in [0.15, 0.2) is 66.7 Å². The first-order valence-corrected chi connectivity index (χ1v) is 11.2. The zero-order valence-corrected chi connectivity index (χ0v) is 19.5. The van der Waals surface area contributed by atoms with Crippen molar-refractivity contribution in [3.05, 3.63) is 83.4 Å². The molecule has 1 atom stereocenters. The second kappa shape index (κ2) is 11.1. The maximum atomic E-state index is 6.08. The maximum Gasteiger partial charge on any atom is 0.161 e. The molecule has 174 valence electrons. The van der Waals surface area contributed by atoms with E-state index >= 15 is 0 Å². The summed E-state index contributed by atoms with van der Waals surface area (Å²) in [5.41, 5.74) is 3.41. The van der Waals surface area contributed by atoms with Crippen LogP contribution in [0.2, 0.25) is 0 Å². The molecule has 4 rings (SSSR count). The van der Waals surface area contributed by atoms with Crippen molar-refractivity contribution in [2.45, 2.75) is 12.6 Å². The van der Waals surface area contributed by atoms with Crippen molar-refractivity contribution in [3.63, 3.8) is 0 Å². The van der Waals surface area contributed by atoms with Crippen LogP contribution in [-0.2, 0) is 6.61 Å². The Kier molecular flexibility index (Phi) is 7.70. The molecule has 6 heteroatoms. The molecule has 1 fully saturated rings. The predicted molar refractivity (Wildman–Crippen MR) is 130 cm³/mol. The van der Waals surface area contributed by atoms with Crippen molar-refractivity contribution < 1.29 is 18.9 Å². The van der Waals surface area contributed by atoms with Gasteiger partial charge in [0.2, 0.25) is 0 Å². The van der Waals surface area contributed by atoms with Crippen LogP contribution in [0, 0.1) is 0 Å². The Morgan fingerprint density at radius 2 is 1.30 bits per heavy atom. The van der Waals surface area contributed by atoms with Crippen LogP contribution >= 0.6 is 0 Å². The van der Waals surface area contributed by atoms with Gasteiger partial charge in [0.15, 0.2) is 23.0 Å². The van der Waals surface area contributed by atoms with Gasteiger partial charge in [0.25, 0.3) is 0 Å². The fourth-order valence-corrected chi connectivity index (χ4v) is 4.29. The molecule has 0 amide bonds. The van der Waals surface area contributed by atoms with Gasteiger partial charge < -0.3 is 24.3 Å². The highest BCUT2D eigenvalue weighted by molar-refractivity contribution is 5.49. The monoisotopic (exact) mass is 448 g/mol. The number of nitrogens with one attached hydrogen (secondary N) is 1. The highest BCUT2D eigenvalue weighted by Crippen LogP contribution is 2.38. The lowest BCUT2D eigenvalue weighted by molar-refractivity contribution is 0.197. The zero-order chi connectivity index (χ0) is 23.0. The molecular weight excluding hydrogens is 416 g/mol. The molecule has 1 N–H and O–H groups in total. The van der Waals surface area contributed by atoms with Crippen molar-refractivity contribution in [2.75, 3.05) is 47.5 Å². The number of piperazine rings is 1. The summed E-state index contributed by atoms with van der Waals surface area (Å²) in [4.78, 5) is 2.48. The minimum Gasteiger partial charge on any atom is -0.493 e. The summed E-state index contributed by atoms with van der Waals surface area (Å²) in [5, 5.41) is 3.45. The summed E-state index contributed by atoms with van der Waals surface area (Å²) < 4.78 is 22.9. The Morgan fingerprint density at radius 3 is 1.91 bits per heavy atom. The first-order valence-electron chi connectivity index (χ1n) is 11.2. The van der Waals surface area contributed by atoms with Gasteiger partial charge in [-0.15, -0.1) is 0 Å². The molecule has 0 bridgehead atoms. The minimum atomic E-state index is 0.0592. The predicted octanol–water partition coefficient (Wildman–Crippen LogP) is 4.29. The van der Waals surface area contributed by atoms with Crippen LogP contribution in [0.3, 0.4) is 0 Å². The van der Waals surface area contributed by atoms with Crippen molar-refractivity contribution in [1.29, 1.82) is 0 Å². The number of methoxy groups -OCH3 is 3. The highest BCUT2D eigenvalue weighted by Gasteiger charge is 2.26. The fourth-order valence-electron chi connectivity index (χ4n) is 4.29. The largest absolute Gasteiger partial charge is 0.493 e. The second-order valence-electron chi connectivity index (χ2n) is 7.99. The first-order chi connectivity index (χ1) is 16.2. The molecule has 1 saturated heterocycles. The van der Waals surface area contributed by atoms with E-state index in [-0.39, 0.29) is 6.04 Å². The van der Waals surface area contributed by atoms with E-state index in [1.54, 1.807) is 21.3 Å². The summed E-state index contributed by atoms with van der Waals surface area (Å²) in [5.74, 6) is 2.91. The highest BCUT2D eigenvalue weighted by atomic mass is 16.5. The number of hydrogen-bond acceptors (Lipinski definition) is 6. The molecule has 0 spiro atoms. The number of nitrogens with zero attached hydrogens (tertiary/aromatic N) is 1. The van der Waals surface area contributed by atoms with Gasteiger partial charge >= 0.3 is 0 Å². The van der Waals surface area contributed by atoms with E-state index in [9.17, 15) is 0 Å². The fraction of sp³-hybridized carbons (Fsp3) is 0.333. The molecular formula is C27H32N2O4. The van der Waals surface area contributed by atoms with Gasteiger partial charge in [0, 0.05) is 26.2 Å². The van der Waals surface area contributed by atoms with Gasteiger partial charge in [-0.2, -0.15) is 0 Å². The van der Waals surface area contributed by atoms with Crippen LogP contribution in [-0.4, -0.2) is 52.4 Å². The Balaban J connectivity index is 1.66. The van der Waals surface area contributed by atoms with Gasteiger partial charge in [0.05, 0.1) is 27.4 Å². The number of benzene rings is 3. The molecule has 1 aliphatic rings. The van der Waals surface area contributed by atoms with Gasteiger partial charge in [0.1, 0.15) is 6.61 Å². The lowest BCUT2D eigenvalue weighted by Gasteiger charge is -2.36. The third-order valence-electron chi connectivity index (χ3n) is 5.98. The molecule has 6 nitrogen and oxygen atoms in total. The third kappa shape index (κ3) is 5.41. The Bertz CT molecular complexity index is 1040. The lowest BCUT2D eigenvalue weighted by atomic mass is 9.95. The molecule has 33 heavy (non-hydrogen) atoms. The van der Waals surface area contributed by atoms with Crippen molar-refractivity contribution in [3.8, 4) is 23.0 Å². The minimum absolute atomic E-state index is 0.0592. The maximum absolute atomic E-state index is 6.08. The summed E-state index contributed by atoms with van der Waals surface area (Å²) in [6.07, 6.45) is 0. The Hall–Kier alpha value is -3.22. The third-order valence-corrected chi connectivity index (χ3v) is 5.98. The standard InChI is InChI=1S/C27H32N2O4/c1-30-23-11-9-21(17-25(23)31-2)27(29-15-13-28-14-16-29)22-10-12-24(26(18-22)32-3)33-19-20-7-5-4-6-8-20/h4-12,17-18,27-28H,13-16,19H2,1-3H3. The van der Waals surface area contributed by atoms with E-state index in [0.29, 0.717) is 6.61 Å². The van der Waals surface area contributed by atoms with Crippen molar-refractivity contribution in [1.82, 2.24) is 10.2 Å². The van der Waals surface area contributed by atoms with Gasteiger partial charge in [-0.1, -0.05) is 42.5 Å². The Morgan fingerprint density at radius 1 is 0.727 bits per heavy atom. The van der Waals surface area contributed by atoms with E-state index in [1.165, 1.54) is 0 Å². The quantitative estimate of drug-likeness (QED) is 0.527. The SMILES string of the molecule is COc1ccc(C(c2ccc(OCc3ccccc3)c(OC)c2)N2CCNCC2)cc1OC. The number of ether oxygens (including phenoxy) is 4. The number of rotatable bonds is 9. The molecule has 1 unspecified atom stereocenters. The molecule has 1 heterocycles. The molecule has 0 saturated carbocycles. The summed E-state index contributed by atoms with van der Waals surface area (Å²) in [7, 11) is 5.01. The molecule has 3 aromatic rings. The van der Waals surface area contributed by atoms with Crippen LogP contribution in [0.1, 0.15) is 22.7 Å². The van der Waals surface area contributed by atoms with Crippen molar-refractivity contribution >= 4 is 0 Å². The Labute approximate surface area is 196 Å². The van der Waals surface area contributed by atoms with Crippen LogP contribution in [0.5, 0.6) is 23.0 Å². The van der Waals surface area contributed by atoms with E-state index in [0.717, 1.165) is 65.9 Å². The van der Waals surface area contributed by atoms with Crippen molar-refractivity contribution in [2.24, 2.45) is 0 Å². The molecule has 3 aromatic carbocycles. The molecule has 0 radical (unpaired) electrons. The lowest BCUT2D eigenvalue weighted by Crippen LogP contribution is -2.45. The molecule has 0 aromatic heterocycles. The van der Waals surface area contributed by atoms with Crippen LogP contribution < -0.4 is 24.3 Å². The molecule has 1 aliphatic heterocycles. The summed E-state index contributed by atoms with van der Waals surface area (Å²) in [6.45, 7) is 4.31. The average Bonchev–Trinajstić information content (AvgIpc) is 2.89. The second-order valence-corrected chi connectivity index (χ2v) is 7.99. The van der Waals surface area contributed by atoms with E-state index in [4.69, 9.17) is 18.9 Å². The zero-order valence-electron chi connectivity index (χ0n) is 19.5. The van der Waals surface area contributed by atoms with E-state index < -0.39 is 0 Å². The number of hydrogen-bond donors (Lipinski definition) is 1. The van der Waals surface area contributed by atoms with Gasteiger partial charge in [-0.05, 0) is 41.0 Å². The van der Waals surface area contributed by atoms with Crippen LogP contribution in [0.25, 0.3) is 0 Å². The summed E-state index contributed by atoms with van der Waals surface area (Å²) in [6, 6.07) is 22.6. The van der Waals surface area contributed by atoms with E-state index in [2.05, 4.69) is 46.6 Å².